The van der Waals surface area contributed by atoms with E-state index in [2.05, 4.69) is 84.2 Å². The van der Waals surface area contributed by atoms with Crippen LogP contribution in [0.2, 0.25) is 13.1 Å². The Kier molecular flexibility index (Phi) is 8.03. The summed E-state index contributed by atoms with van der Waals surface area (Å²) in [5.41, 5.74) is 5.08. The van der Waals surface area contributed by atoms with Gasteiger partial charge in [0, 0.05) is 0 Å². The second kappa shape index (κ2) is 8.64. The van der Waals surface area contributed by atoms with Gasteiger partial charge in [0.2, 0.25) is 0 Å². The van der Waals surface area contributed by atoms with Crippen LogP contribution in [-0.4, -0.2) is 5.92 Å². The number of allylic oxidation sites excluding steroid dienone is 12. The Hall–Kier alpha value is 0.120. The van der Waals surface area contributed by atoms with Crippen LogP contribution in [0.3, 0.4) is 0 Å². The maximum Gasteiger partial charge on any atom is -0.147 e. The zero-order valence-corrected chi connectivity index (χ0v) is 22.5. The van der Waals surface area contributed by atoms with Gasteiger partial charge in [-0.3, -0.25) is 0 Å². The monoisotopic (exact) mass is 486 g/mol. The molecule has 0 saturated carbocycles. The predicted molar refractivity (Wildman–Crippen MR) is 122 cm³/mol. The molecule has 0 aliphatic heterocycles. The molecule has 0 spiro atoms. The summed E-state index contributed by atoms with van der Waals surface area (Å²) in [6, 6.07) is 0. The maximum absolute atomic E-state index is 2.79. The van der Waals surface area contributed by atoms with Gasteiger partial charge in [-0.05, 0) is 0 Å². The smallest absolute Gasteiger partial charge is 0.147 e. The van der Waals surface area contributed by atoms with Crippen molar-refractivity contribution in [3.05, 3.63) is 63.0 Å². The van der Waals surface area contributed by atoms with E-state index in [-0.39, 0.29) is 30.2 Å². The summed E-state index contributed by atoms with van der Waals surface area (Å²) < 4.78 is 5.62. The van der Waals surface area contributed by atoms with Crippen molar-refractivity contribution in [3.63, 3.8) is 0 Å². The summed E-state index contributed by atoms with van der Waals surface area (Å²) in [5.74, 6) is -0.847. The predicted octanol–water partition coefficient (Wildman–Crippen LogP) is 7.31. The van der Waals surface area contributed by atoms with Gasteiger partial charge in [0.15, 0.2) is 0 Å². The van der Waals surface area contributed by atoms with Crippen molar-refractivity contribution in [1.29, 1.82) is 0 Å². The Balaban J connectivity index is 0.00000169. The molecule has 0 aromatic heterocycles. The van der Waals surface area contributed by atoms with Crippen LogP contribution in [-0.2, 0) is 19.4 Å². The third kappa shape index (κ3) is 3.34. The van der Waals surface area contributed by atoms with Crippen LogP contribution in [0.25, 0.3) is 0 Å². The topological polar surface area (TPSA) is 0 Å². The van der Waals surface area contributed by atoms with E-state index in [9.17, 15) is 0 Å². The van der Waals surface area contributed by atoms with E-state index >= 15 is 0 Å². The molecule has 0 saturated heterocycles. The molecule has 0 amide bonds. The standard InChI is InChI=1S/C10H15.2C5H5.C2H7Si.2ClH.Zr/c1-7-6-10(4,5)9(3)8(7)2;2*1-2-4-5-3-1;1-3-2;;;/h1-5H3;2*1-3H,4H2;3H,1-2H3;2*1H;. The number of rotatable bonds is 4. The molecule has 0 N–H and O–H groups in total. The van der Waals surface area contributed by atoms with Gasteiger partial charge in [0.05, 0.1) is 0 Å². The van der Waals surface area contributed by atoms with E-state index in [4.69, 9.17) is 0 Å². The van der Waals surface area contributed by atoms with Crippen molar-refractivity contribution >= 4 is 30.7 Å². The fourth-order valence-electron chi connectivity index (χ4n) is 5.42. The second-order valence-electron chi connectivity index (χ2n) is 8.49. The molecule has 3 rings (SSSR count). The summed E-state index contributed by atoms with van der Waals surface area (Å²) >= 11 is -2.79. The van der Waals surface area contributed by atoms with E-state index in [1.165, 1.54) is 12.8 Å². The molecule has 0 bridgehead atoms. The average Bonchev–Trinajstić information content (AvgIpc) is 3.24. The number of hydrogen-bond acceptors (Lipinski definition) is 0. The molecule has 0 fully saturated rings. The number of halogens is 2. The van der Waals surface area contributed by atoms with Gasteiger partial charge in [0.25, 0.3) is 0 Å². The summed E-state index contributed by atoms with van der Waals surface area (Å²) in [5, 5.41) is 0. The van der Waals surface area contributed by atoms with Gasteiger partial charge in [-0.2, -0.15) is 0 Å². The number of hydrogen-bond donors (Lipinski definition) is 0. The maximum atomic E-state index is 2.65. The summed E-state index contributed by atoms with van der Waals surface area (Å²) in [4.78, 5) is 0. The van der Waals surface area contributed by atoms with Crippen LogP contribution < -0.4 is 0 Å². The second-order valence-corrected chi connectivity index (χ2v) is 32.8. The molecule has 4 heteroatoms. The van der Waals surface area contributed by atoms with E-state index in [1.54, 1.807) is 16.7 Å². The quantitative estimate of drug-likeness (QED) is 0.364. The van der Waals surface area contributed by atoms with Gasteiger partial charge >= 0.3 is 154 Å². The average molecular weight is 489 g/mol. The fourth-order valence-corrected chi connectivity index (χ4v) is 39.9. The summed E-state index contributed by atoms with van der Waals surface area (Å²) in [6.45, 7) is 17.5. The van der Waals surface area contributed by atoms with Crippen molar-refractivity contribution in [2.24, 2.45) is 5.41 Å². The van der Waals surface area contributed by atoms with E-state index in [0.717, 1.165) is 0 Å². The first kappa shape index (κ1) is 24.2. The van der Waals surface area contributed by atoms with Crippen LogP contribution >= 0.6 is 24.8 Å². The van der Waals surface area contributed by atoms with Crippen LogP contribution in [0.1, 0.15) is 47.5 Å². The van der Waals surface area contributed by atoms with Crippen molar-refractivity contribution in [2.75, 3.05) is 0 Å². The first-order chi connectivity index (χ1) is 11.3. The normalized spacial score (nSPS) is 21.2. The molecule has 0 heterocycles. The molecular formula is C22H34Cl2SiZr. The van der Waals surface area contributed by atoms with Crippen LogP contribution in [0.5, 0.6) is 0 Å². The SMILES string of the molecule is CC1=C(C)C(C)(C)[C]([Zr]([C]2=CC=CC2)([C]2=CC=CC2)[SiH](C)C)=C1C.Cl.Cl. The van der Waals surface area contributed by atoms with Gasteiger partial charge in [-0.25, -0.2) is 0 Å². The third-order valence-electron chi connectivity index (χ3n) is 6.88. The Morgan fingerprint density at radius 1 is 0.846 bits per heavy atom. The zero-order chi connectivity index (χ0) is 17.7. The Labute approximate surface area is 178 Å². The molecule has 0 nitrogen and oxygen atoms in total. The van der Waals surface area contributed by atoms with Gasteiger partial charge in [-0.15, -0.1) is 24.8 Å². The molecule has 0 radical (unpaired) electrons. The van der Waals surface area contributed by atoms with Crippen molar-refractivity contribution in [2.45, 2.75) is 60.6 Å². The Bertz CT molecular complexity index is 731. The molecule has 0 aromatic carbocycles. The van der Waals surface area contributed by atoms with Crippen LogP contribution in [0, 0.1) is 5.41 Å². The molecule has 0 atom stereocenters. The molecule has 144 valence electrons. The molecule has 0 aromatic rings. The first-order valence-electron chi connectivity index (χ1n) is 9.38. The van der Waals surface area contributed by atoms with E-state index < -0.39 is 25.4 Å². The van der Waals surface area contributed by atoms with E-state index in [0.29, 0.717) is 0 Å². The zero-order valence-electron chi connectivity index (χ0n) is 17.3. The van der Waals surface area contributed by atoms with Crippen LogP contribution in [0.15, 0.2) is 63.0 Å². The fraction of sp³-hybridized carbons (Fsp3) is 0.455. The molecule has 0 unspecified atom stereocenters. The van der Waals surface area contributed by atoms with Crippen molar-refractivity contribution in [3.8, 4) is 0 Å². The largest absolute Gasteiger partial charge is 0.147 e. The third-order valence-corrected chi connectivity index (χ3v) is 38.7. The van der Waals surface area contributed by atoms with Gasteiger partial charge in [0.1, 0.15) is 0 Å². The Morgan fingerprint density at radius 3 is 1.58 bits per heavy atom. The summed E-state index contributed by atoms with van der Waals surface area (Å²) in [6.07, 6.45) is 16.9. The minimum Gasteiger partial charge on any atom is -0.147 e. The minimum atomic E-state index is -2.79. The van der Waals surface area contributed by atoms with Crippen molar-refractivity contribution < 1.29 is 19.4 Å². The minimum absolute atomic E-state index is 0. The molecule has 3 aliphatic rings. The molecule has 3 aliphatic carbocycles. The van der Waals surface area contributed by atoms with E-state index in [1.807, 2.05) is 9.84 Å². The van der Waals surface area contributed by atoms with Gasteiger partial charge in [-0.1, -0.05) is 0 Å². The first-order valence-corrected chi connectivity index (χ1v) is 20.2. The van der Waals surface area contributed by atoms with Crippen LogP contribution in [0.4, 0.5) is 0 Å². The Morgan fingerprint density at radius 2 is 1.31 bits per heavy atom. The molecular weight excluding hydrogens is 454 g/mol. The molecule has 26 heavy (non-hydrogen) atoms. The van der Waals surface area contributed by atoms with Gasteiger partial charge < -0.3 is 0 Å². The summed E-state index contributed by atoms with van der Waals surface area (Å²) in [7, 11) is 0. The van der Waals surface area contributed by atoms with Crippen molar-refractivity contribution in [1.82, 2.24) is 0 Å².